The number of hydrogen-bond acceptors (Lipinski definition) is 3. The number of pyridine rings is 1. The van der Waals surface area contributed by atoms with Gasteiger partial charge in [0.25, 0.3) is 0 Å². The first-order chi connectivity index (χ1) is 9.79. The maximum absolute atomic E-state index is 4.64. The van der Waals surface area contributed by atoms with Gasteiger partial charge in [0, 0.05) is 31.1 Å². The molecule has 20 heavy (non-hydrogen) atoms. The average molecular weight is 270 g/mol. The summed E-state index contributed by atoms with van der Waals surface area (Å²) >= 11 is 0. The van der Waals surface area contributed by atoms with E-state index in [1.807, 2.05) is 18.6 Å². The number of piperidine rings is 1. The molecule has 1 fully saturated rings. The summed E-state index contributed by atoms with van der Waals surface area (Å²) in [6.07, 6.45) is 10.6. The van der Waals surface area contributed by atoms with Crippen LogP contribution in [0.15, 0.2) is 30.7 Å². The van der Waals surface area contributed by atoms with Crippen LogP contribution >= 0.6 is 0 Å². The highest BCUT2D eigenvalue weighted by Gasteiger charge is 2.20. The van der Waals surface area contributed by atoms with Crippen LogP contribution in [0.3, 0.4) is 0 Å². The molecule has 3 rings (SSSR count). The van der Waals surface area contributed by atoms with Gasteiger partial charge in [-0.05, 0) is 38.1 Å². The van der Waals surface area contributed by atoms with Gasteiger partial charge < -0.3 is 0 Å². The lowest BCUT2D eigenvalue weighted by Crippen LogP contribution is -2.29. The third-order valence-corrected chi connectivity index (χ3v) is 4.21. The number of rotatable bonds is 3. The molecule has 4 nitrogen and oxygen atoms in total. The summed E-state index contributed by atoms with van der Waals surface area (Å²) in [5.74, 6) is 2.02. The fourth-order valence-electron chi connectivity index (χ4n) is 3.04. The molecule has 0 aromatic carbocycles. The highest BCUT2D eigenvalue weighted by Crippen LogP contribution is 2.29. The molecule has 0 radical (unpaired) electrons. The van der Waals surface area contributed by atoms with Gasteiger partial charge in [-0.15, -0.1) is 0 Å². The van der Waals surface area contributed by atoms with Gasteiger partial charge in [-0.1, -0.05) is 19.4 Å². The van der Waals surface area contributed by atoms with Crippen LogP contribution in [0.4, 0.5) is 0 Å². The molecule has 0 aliphatic carbocycles. The molecule has 4 heteroatoms. The van der Waals surface area contributed by atoms with Crippen molar-refractivity contribution in [3.05, 3.63) is 42.1 Å². The lowest BCUT2D eigenvalue weighted by molar-refractivity contribution is 0.187. The van der Waals surface area contributed by atoms with E-state index in [0.717, 1.165) is 18.1 Å². The van der Waals surface area contributed by atoms with Crippen LogP contribution in [-0.2, 0) is 6.42 Å². The molecular formula is C16H22N4. The minimum absolute atomic E-state index is 0.527. The normalized spacial score (nSPS) is 20.2. The average Bonchev–Trinajstić information content (AvgIpc) is 2.96. The van der Waals surface area contributed by atoms with Crippen molar-refractivity contribution in [3.8, 4) is 5.82 Å². The van der Waals surface area contributed by atoms with Crippen LogP contribution in [0.1, 0.15) is 43.6 Å². The van der Waals surface area contributed by atoms with Crippen molar-refractivity contribution in [1.29, 1.82) is 0 Å². The van der Waals surface area contributed by atoms with Gasteiger partial charge in [0.15, 0.2) is 0 Å². The second-order valence-corrected chi connectivity index (χ2v) is 5.51. The van der Waals surface area contributed by atoms with E-state index in [9.17, 15) is 0 Å². The summed E-state index contributed by atoms with van der Waals surface area (Å²) in [6.45, 7) is 3.30. The van der Waals surface area contributed by atoms with Crippen molar-refractivity contribution in [1.82, 2.24) is 19.4 Å². The summed E-state index contributed by atoms with van der Waals surface area (Å²) in [7, 11) is 2.21. The van der Waals surface area contributed by atoms with E-state index < -0.39 is 0 Å². The molecule has 3 heterocycles. The SMILES string of the molecule is CCc1nccn1-c1ccc([C@H]2CCCCN2C)cn1. The standard InChI is InChI=1S/C16H22N4/c1-3-15-17-9-11-20(15)16-8-7-13(12-18-16)14-6-4-5-10-19(14)2/h7-9,11-12,14H,3-6,10H2,1-2H3/t14-/m1/s1. The van der Waals surface area contributed by atoms with E-state index in [1.54, 1.807) is 0 Å². The fourth-order valence-corrected chi connectivity index (χ4v) is 3.04. The van der Waals surface area contributed by atoms with Gasteiger partial charge in [-0.2, -0.15) is 0 Å². The van der Waals surface area contributed by atoms with Crippen molar-refractivity contribution < 1.29 is 0 Å². The van der Waals surface area contributed by atoms with Crippen LogP contribution in [0, 0.1) is 0 Å². The molecule has 0 amide bonds. The predicted molar refractivity (Wildman–Crippen MR) is 80.0 cm³/mol. The molecule has 2 aromatic rings. The van der Waals surface area contributed by atoms with Gasteiger partial charge in [0.1, 0.15) is 11.6 Å². The molecule has 1 aliphatic rings. The van der Waals surface area contributed by atoms with Gasteiger partial charge in [0.2, 0.25) is 0 Å². The first-order valence-corrected chi connectivity index (χ1v) is 7.48. The number of imidazole rings is 1. The van der Waals surface area contributed by atoms with E-state index >= 15 is 0 Å². The molecule has 0 N–H and O–H groups in total. The Morgan fingerprint density at radius 1 is 1.25 bits per heavy atom. The molecule has 0 saturated carbocycles. The number of likely N-dealkylation sites (tertiary alicyclic amines) is 1. The zero-order chi connectivity index (χ0) is 13.9. The van der Waals surface area contributed by atoms with Crippen molar-refractivity contribution in [3.63, 3.8) is 0 Å². The molecule has 0 bridgehead atoms. The number of aromatic nitrogens is 3. The topological polar surface area (TPSA) is 34.0 Å². The number of hydrogen-bond donors (Lipinski definition) is 0. The lowest BCUT2D eigenvalue weighted by Gasteiger charge is -2.32. The van der Waals surface area contributed by atoms with Crippen LogP contribution in [-0.4, -0.2) is 33.0 Å². The first kappa shape index (κ1) is 13.3. The Labute approximate surface area is 120 Å². The summed E-state index contributed by atoms with van der Waals surface area (Å²) < 4.78 is 2.06. The molecule has 0 unspecified atom stereocenters. The van der Waals surface area contributed by atoms with E-state index in [2.05, 4.69) is 45.5 Å². The molecule has 2 aromatic heterocycles. The van der Waals surface area contributed by atoms with Gasteiger partial charge in [-0.25, -0.2) is 9.97 Å². The van der Waals surface area contributed by atoms with Crippen LogP contribution in [0.5, 0.6) is 0 Å². The maximum atomic E-state index is 4.64. The molecule has 1 saturated heterocycles. The number of aryl methyl sites for hydroxylation is 1. The highest BCUT2D eigenvalue weighted by molar-refractivity contribution is 5.28. The minimum Gasteiger partial charge on any atom is -0.299 e. The van der Waals surface area contributed by atoms with E-state index in [4.69, 9.17) is 0 Å². The third kappa shape index (κ3) is 2.48. The Kier molecular flexibility index (Phi) is 3.83. The quantitative estimate of drug-likeness (QED) is 0.860. The summed E-state index contributed by atoms with van der Waals surface area (Å²) in [5, 5.41) is 0. The predicted octanol–water partition coefficient (Wildman–Crippen LogP) is 2.99. The molecule has 106 valence electrons. The van der Waals surface area contributed by atoms with E-state index in [-0.39, 0.29) is 0 Å². The minimum atomic E-state index is 0.527. The largest absolute Gasteiger partial charge is 0.299 e. The summed E-state index contributed by atoms with van der Waals surface area (Å²) in [4.78, 5) is 11.4. The van der Waals surface area contributed by atoms with Crippen molar-refractivity contribution in [2.75, 3.05) is 13.6 Å². The Balaban J connectivity index is 1.84. The Bertz CT molecular complexity index is 558. The second kappa shape index (κ2) is 5.75. The molecular weight excluding hydrogens is 248 g/mol. The van der Waals surface area contributed by atoms with Crippen LogP contribution in [0.25, 0.3) is 5.82 Å². The zero-order valence-corrected chi connectivity index (χ0v) is 12.3. The van der Waals surface area contributed by atoms with Gasteiger partial charge in [0.05, 0.1) is 0 Å². The molecule has 1 atom stereocenters. The second-order valence-electron chi connectivity index (χ2n) is 5.51. The smallest absolute Gasteiger partial charge is 0.137 e. The van der Waals surface area contributed by atoms with Gasteiger partial charge in [-0.3, -0.25) is 9.47 Å². The Morgan fingerprint density at radius 2 is 2.15 bits per heavy atom. The summed E-state index contributed by atoms with van der Waals surface area (Å²) in [5.41, 5.74) is 1.33. The van der Waals surface area contributed by atoms with E-state index in [0.29, 0.717) is 6.04 Å². The van der Waals surface area contributed by atoms with Crippen LogP contribution in [0.2, 0.25) is 0 Å². The maximum Gasteiger partial charge on any atom is 0.137 e. The monoisotopic (exact) mass is 270 g/mol. The highest BCUT2D eigenvalue weighted by atomic mass is 15.1. The summed E-state index contributed by atoms with van der Waals surface area (Å²) in [6, 6.07) is 4.85. The van der Waals surface area contributed by atoms with Crippen LogP contribution < -0.4 is 0 Å². The van der Waals surface area contributed by atoms with E-state index in [1.165, 1.54) is 31.4 Å². The Hall–Kier alpha value is -1.68. The third-order valence-electron chi connectivity index (χ3n) is 4.21. The fraction of sp³-hybridized carbons (Fsp3) is 0.500. The number of nitrogens with zero attached hydrogens (tertiary/aromatic N) is 4. The van der Waals surface area contributed by atoms with Crippen molar-refractivity contribution >= 4 is 0 Å². The molecule has 1 aliphatic heterocycles. The lowest BCUT2D eigenvalue weighted by atomic mass is 9.97. The molecule has 0 spiro atoms. The zero-order valence-electron chi connectivity index (χ0n) is 12.3. The van der Waals surface area contributed by atoms with Crippen molar-refractivity contribution in [2.24, 2.45) is 0 Å². The van der Waals surface area contributed by atoms with Gasteiger partial charge >= 0.3 is 0 Å². The van der Waals surface area contributed by atoms with Crippen molar-refractivity contribution in [2.45, 2.75) is 38.6 Å². The Morgan fingerprint density at radius 3 is 2.85 bits per heavy atom. The first-order valence-electron chi connectivity index (χ1n) is 7.48.